The zero-order chi connectivity index (χ0) is 18.4. The highest BCUT2D eigenvalue weighted by Gasteiger charge is 2.43. The average molecular weight is 377 g/mol. The van der Waals surface area contributed by atoms with Crippen LogP contribution in [0.3, 0.4) is 0 Å². The Labute approximate surface area is 156 Å². The Morgan fingerprint density at radius 3 is 2.54 bits per heavy atom. The molecular formula is C22H20ClF3. The first-order valence-electron chi connectivity index (χ1n) is 9.05. The van der Waals surface area contributed by atoms with E-state index in [-0.39, 0.29) is 28.7 Å². The second kappa shape index (κ2) is 6.77. The lowest BCUT2D eigenvalue weighted by atomic mass is 9.58. The summed E-state index contributed by atoms with van der Waals surface area (Å²) in [6.45, 7) is 3.97. The number of hydrogen-bond acceptors (Lipinski definition) is 0. The van der Waals surface area contributed by atoms with Crippen LogP contribution in [0.1, 0.15) is 47.8 Å². The SMILES string of the molecule is C=C[C@@H]1CC[C@H]2c3cc(F)cc(F)c3CC[C@@H]2[C@H]1c1ccc(Cl)c(F)c1. The molecule has 1 fully saturated rings. The molecule has 0 amide bonds. The zero-order valence-electron chi connectivity index (χ0n) is 14.3. The molecule has 26 heavy (non-hydrogen) atoms. The van der Waals surface area contributed by atoms with E-state index in [1.165, 1.54) is 12.1 Å². The van der Waals surface area contributed by atoms with E-state index in [0.29, 0.717) is 12.0 Å². The first-order valence-corrected chi connectivity index (χ1v) is 9.42. The summed E-state index contributed by atoms with van der Waals surface area (Å²) in [6.07, 6.45) is 5.06. The van der Waals surface area contributed by atoms with Crippen molar-refractivity contribution in [3.63, 3.8) is 0 Å². The van der Waals surface area contributed by atoms with E-state index >= 15 is 0 Å². The first kappa shape index (κ1) is 17.7. The predicted molar refractivity (Wildman–Crippen MR) is 98.0 cm³/mol. The van der Waals surface area contributed by atoms with Crippen molar-refractivity contribution in [1.82, 2.24) is 0 Å². The molecule has 136 valence electrons. The number of allylic oxidation sites excluding steroid dienone is 1. The standard InChI is InChI=1S/C22H20ClF3/c1-2-12-3-5-15-17(22(12)13-4-8-19(23)21(26)9-13)7-6-16-18(15)10-14(24)11-20(16)25/h2,4,8-12,15,17,22H,1,3,5-7H2/t12-,15-,17+,22-/m1/s1. The highest BCUT2D eigenvalue weighted by Crippen LogP contribution is 2.54. The van der Waals surface area contributed by atoms with Gasteiger partial charge in [-0.2, -0.15) is 0 Å². The highest BCUT2D eigenvalue weighted by molar-refractivity contribution is 6.30. The summed E-state index contributed by atoms with van der Waals surface area (Å²) < 4.78 is 42.2. The van der Waals surface area contributed by atoms with Gasteiger partial charge in [0.15, 0.2) is 0 Å². The molecule has 1 saturated carbocycles. The van der Waals surface area contributed by atoms with Gasteiger partial charge in [0.1, 0.15) is 17.5 Å². The van der Waals surface area contributed by atoms with Gasteiger partial charge in [0.2, 0.25) is 0 Å². The Morgan fingerprint density at radius 1 is 1.00 bits per heavy atom. The van der Waals surface area contributed by atoms with E-state index in [2.05, 4.69) is 6.58 Å². The largest absolute Gasteiger partial charge is 0.207 e. The summed E-state index contributed by atoms with van der Waals surface area (Å²) in [4.78, 5) is 0. The van der Waals surface area contributed by atoms with Crippen LogP contribution < -0.4 is 0 Å². The van der Waals surface area contributed by atoms with Gasteiger partial charge < -0.3 is 0 Å². The Kier molecular flexibility index (Phi) is 4.60. The van der Waals surface area contributed by atoms with Crippen molar-refractivity contribution in [2.45, 2.75) is 37.5 Å². The molecule has 0 spiro atoms. The van der Waals surface area contributed by atoms with Gasteiger partial charge in [-0.05, 0) is 84.2 Å². The molecular weight excluding hydrogens is 357 g/mol. The zero-order valence-corrected chi connectivity index (χ0v) is 15.1. The molecule has 2 aliphatic rings. The summed E-state index contributed by atoms with van der Waals surface area (Å²) in [5.74, 6) is -0.804. The minimum atomic E-state index is -0.526. The van der Waals surface area contributed by atoms with Crippen molar-refractivity contribution in [2.75, 3.05) is 0 Å². The van der Waals surface area contributed by atoms with Crippen LogP contribution in [0.5, 0.6) is 0 Å². The van der Waals surface area contributed by atoms with Crippen molar-refractivity contribution in [2.24, 2.45) is 11.8 Å². The third-order valence-electron chi connectivity index (χ3n) is 6.20. The average Bonchev–Trinajstić information content (AvgIpc) is 2.62. The Bertz CT molecular complexity index is 861. The maximum Gasteiger partial charge on any atom is 0.142 e. The number of benzene rings is 2. The summed E-state index contributed by atoms with van der Waals surface area (Å²) >= 11 is 5.85. The number of fused-ring (bicyclic) bond motifs is 3. The van der Waals surface area contributed by atoms with Crippen molar-refractivity contribution in [1.29, 1.82) is 0 Å². The van der Waals surface area contributed by atoms with Gasteiger partial charge in [-0.3, -0.25) is 0 Å². The maximum absolute atomic E-state index is 14.2. The molecule has 0 N–H and O–H groups in total. The third-order valence-corrected chi connectivity index (χ3v) is 6.51. The monoisotopic (exact) mass is 376 g/mol. The number of rotatable bonds is 2. The minimum absolute atomic E-state index is 0.0810. The van der Waals surface area contributed by atoms with Gasteiger partial charge in [-0.15, -0.1) is 6.58 Å². The summed E-state index contributed by atoms with van der Waals surface area (Å²) in [5, 5.41) is 0.106. The normalized spacial score (nSPS) is 27.5. The lowest BCUT2D eigenvalue weighted by molar-refractivity contribution is 0.194. The van der Waals surface area contributed by atoms with Crippen molar-refractivity contribution in [3.8, 4) is 0 Å². The van der Waals surface area contributed by atoms with Gasteiger partial charge in [0.25, 0.3) is 0 Å². The van der Waals surface area contributed by atoms with Gasteiger partial charge in [-0.25, -0.2) is 13.2 Å². The van der Waals surface area contributed by atoms with Crippen LogP contribution in [0.2, 0.25) is 5.02 Å². The van der Waals surface area contributed by atoms with Crippen LogP contribution in [-0.4, -0.2) is 0 Å². The van der Waals surface area contributed by atoms with E-state index in [1.54, 1.807) is 6.07 Å². The lowest BCUT2D eigenvalue weighted by Gasteiger charge is -2.46. The molecule has 2 aromatic rings. The molecule has 0 aromatic heterocycles. The fraction of sp³-hybridized carbons (Fsp3) is 0.364. The lowest BCUT2D eigenvalue weighted by Crippen LogP contribution is -2.35. The Hall–Kier alpha value is -1.74. The molecule has 0 unspecified atom stereocenters. The molecule has 2 aromatic carbocycles. The molecule has 4 rings (SSSR count). The molecule has 4 atom stereocenters. The van der Waals surface area contributed by atoms with Crippen molar-refractivity contribution in [3.05, 3.63) is 82.2 Å². The van der Waals surface area contributed by atoms with Gasteiger partial charge in [0, 0.05) is 6.07 Å². The molecule has 0 bridgehead atoms. The Morgan fingerprint density at radius 2 is 1.81 bits per heavy atom. The second-order valence-corrected chi connectivity index (χ2v) is 7.85. The van der Waals surface area contributed by atoms with E-state index in [4.69, 9.17) is 11.6 Å². The highest BCUT2D eigenvalue weighted by atomic mass is 35.5. The summed E-state index contributed by atoms with van der Waals surface area (Å²) in [7, 11) is 0. The predicted octanol–water partition coefficient (Wildman–Crippen LogP) is 6.78. The fourth-order valence-electron chi connectivity index (χ4n) is 5.11. The molecule has 0 saturated heterocycles. The minimum Gasteiger partial charge on any atom is -0.207 e. The van der Waals surface area contributed by atoms with Crippen LogP contribution in [-0.2, 0) is 6.42 Å². The molecule has 0 radical (unpaired) electrons. The maximum atomic E-state index is 14.2. The molecule has 4 heteroatoms. The van der Waals surface area contributed by atoms with Crippen LogP contribution in [0.15, 0.2) is 43.0 Å². The Balaban J connectivity index is 1.78. The molecule has 2 aliphatic carbocycles. The topological polar surface area (TPSA) is 0 Å². The van der Waals surface area contributed by atoms with E-state index in [1.807, 2.05) is 12.1 Å². The summed E-state index contributed by atoms with van der Waals surface area (Å²) in [6, 6.07) is 7.43. The quantitative estimate of drug-likeness (QED) is 0.506. The van der Waals surface area contributed by atoms with Crippen LogP contribution in [0, 0.1) is 29.3 Å². The molecule has 0 heterocycles. The van der Waals surface area contributed by atoms with E-state index in [9.17, 15) is 13.2 Å². The van der Waals surface area contributed by atoms with Crippen LogP contribution >= 0.6 is 11.6 Å². The second-order valence-electron chi connectivity index (χ2n) is 7.44. The van der Waals surface area contributed by atoms with Gasteiger partial charge in [0.05, 0.1) is 5.02 Å². The van der Waals surface area contributed by atoms with E-state index < -0.39 is 17.5 Å². The smallest absolute Gasteiger partial charge is 0.142 e. The number of hydrogen-bond donors (Lipinski definition) is 0. The van der Waals surface area contributed by atoms with Crippen molar-refractivity contribution < 1.29 is 13.2 Å². The van der Waals surface area contributed by atoms with Gasteiger partial charge >= 0.3 is 0 Å². The van der Waals surface area contributed by atoms with Gasteiger partial charge in [-0.1, -0.05) is 23.7 Å². The van der Waals surface area contributed by atoms with E-state index in [0.717, 1.165) is 36.5 Å². The number of halogens is 4. The summed E-state index contributed by atoms with van der Waals surface area (Å²) in [5.41, 5.74) is 2.33. The van der Waals surface area contributed by atoms with Crippen LogP contribution in [0.4, 0.5) is 13.2 Å². The first-order chi connectivity index (χ1) is 12.5. The van der Waals surface area contributed by atoms with Crippen LogP contribution in [0.25, 0.3) is 0 Å². The van der Waals surface area contributed by atoms with Crippen molar-refractivity contribution >= 4 is 11.6 Å². The molecule has 0 nitrogen and oxygen atoms in total. The molecule has 0 aliphatic heterocycles. The third kappa shape index (κ3) is 2.87. The fourth-order valence-corrected chi connectivity index (χ4v) is 5.23.